The van der Waals surface area contributed by atoms with E-state index in [4.69, 9.17) is 4.74 Å². The van der Waals surface area contributed by atoms with Gasteiger partial charge in [-0.2, -0.15) is 0 Å². The summed E-state index contributed by atoms with van der Waals surface area (Å²) < 4.78 is 33.1. The third-order valence-electron chi connectivity index (χ3n) is 5.85. The number of fused-ring (bicyclic) bond motifs is 1. The summed E-state index contributed by atoms with van der Waals surface area (Å²) >= 11 is 0. The van der Waals surface area contributed by atoms with E-state index in [9.17, 15) is 18.0 Å². The van der Waals surface area contributed by atoms with Crippen LogP contribution >= 0.6 is 0 Å². The third-order valence-corrected chi connectivity index (χ3v) is 7.66. The first kappa shape index (κ1) is 24.2. The molecule has 0 saturated carbocycles. The Morgan fingerprint density at radius 2 is 1.81 bits per heavy atom. The van der Waals surface area contributed by atoms with E-state index in [0.29, 0.717) is 30.9 Å². The minimum atomic E-state index is -3.56. The number of carbonyl (C=O) groups excluding carboxylic acids is 2. The zero-order chi connectivity index (χ0) is 23.5. The molecule has 10 heteroatoms. The molecule has 176 valence electrons. The molecular weight excluding hydrogens is 432 g/mol. The number of imidazole rings is 1. The maximum atomic E-state index is 12.6. The van der Waals surface area contributed by atoms with Gasteiger partial charge >= 0.3 is 5.97 Å². The maximum Gasteiger partial charge on any atom is 0.307 e. The summed E-state index contributed by atoms with van der Waals surface area (Å²) in [7, 11) is 1.22. The lowest BCUT2D eigenvalue weighted by Crippen LogP contribution is -2.40. The van der Waals surface area contributed by atoms with Gasteiger partial charge in [-0.3, -0.25) is 9.59 Å². The zero-order valence-corrected chi connectivity index (χ0v) is 20.0. The van der Waals surface area contributed by atoms with Gasteiger partial charge < -0.3 is 14.2 Å². The molecule has 32 heavy (non-hydrogen) atoms. The van der Waals surface area contributed by atoms with Crippen LogP contribution < -0.4 is 0 Å². The second-order valence-corrected chi connectivity index (χ2v) is 10.5. The molecule has 0 radical (unpaired) electrons. The first-order valence-electron chi connectivity index (χ1n) is 11.0. The van der Waals surface area contributed by atoms with Crippen LogP contribution in [0.15, 0.2) is 23.1 Å². The van der Waals surface area contributed by atoms with Gasteiger partial charge in [-0.05, 0) is 38.0 Å². The number of hydrogen-bond acceptors (Lipinski definition) is 6. The van der Waals surface area contributed by atoms with E-state index in [1.807, 2.05) is 11.6 Å². The van der Waals surface area contributed by atoms with Crippen molar-refractivity contribution in [2.24, 2.45) is 7.05 Å². The molecule has 2 heterocycles. The summed E-state index contributed by atoms with van der Waals surface area (Å²) in [4.78, 5) is 31.4. The van der Waals surface area contributed by atoms with Gasteiger partial charge in [0.1, 0.15) is 5.82 Å². The molecule has 0 bridgehead atoms. The number of hydrogen-bond donors (Lipinski definition) is 0. The van der Waals surface area contributed by atoms with Crippen LogP contribution in [0.4, 0.5) is 0 Å². The molecule has 1 aliphatic rings. The van der Waals surface area contributed by atoms with E-state index in [2.05, 4.69) is 4.98 Å². The van der Waals surface area contributed by atoms with Gasteiger partial charge in [-0.25, -0.2) is 17.7 Å². The van der Waals surface area contributed by atoms with Crippen LogP contribution in [0.2, 0.25) is 0 Å². The van der Waals surface area contributed by atoms with Crippen LogP contribution in [-0.2, 0) is 37.8 Å². The molecule has 0 aliphatic carbocycles. The highest BCUT2D eigenvalue weighted by atomic mass is 32.2. The molecule has 1 aromatic heterocycles. The van der Waals surface area contributed by atoms with Crippen molar-refractivity contribution in [3.63, 3.8) is 0 Å². The summed E-state index contributed by atoms with van der Waals surface area (Å²) in [6.07, 6.45) is 3.81. The number of aromatic nitrogens is 2. The molecule has 1 fully saturated rings. The second-order valence-electron chi connectivity index (χ2n) is 8.40. The summed E-state index contributed by atoms with van der Waals surface area (Å²) in [5, 5.41) is 0. The van der Waals surface area contributed by atoms with Crippen LogP contribution in [-0.4, -0.2) is 72.3 Å². The van der Waals surface area contributed by atoms with Gasteiger partial charge in [0.05, 0.1) is 22.3 Å². The standard InChI is InChI=1S/C22H32N4O5S/c1-16(22(28)26-13-7-5-6-8-14-26)31-21(27)12-11-20-23-18-15-17(32(29,30)24(2)3)9-10-19(18)25(20)4/h9-10,15-16H,5-8,11-14H2,1-4H3. The number of sulfonamides is 1. The normalized spacial score (nSPS) is 16.2. The Labute approximate surface area is 189 Å². The molecule has 0 N–H and O–H groups in total. The van der Waals surface area contributed by atoms with Crippen molar-refractivity contribution in [1.29, 1.82) is 0 Å². The number of nitrogens with zero attached hydrogens (tertiary/aromatic N) is 4. The fourth-order valence-electron chi connectivity index (χ4n) is 3.89. The monoisotopic (exact) mass is 464 g/mol. The number of benzene rings is 1. The Bertz CT molecular complexity index is 1090. The summed E-state index contributed by atoms with van der Waals surface area (Å²) in [5.74, 6) is 0.0454. The van der Waals surface area contributed by atoms with Gasteiger partial charge in [0.2, 0.25) is 10.0 Å². The van der Waals surface area contributed by atoms with Crippen LogP contribution in [0.1, 0.15) is 44.9 Å². The van der Waals surface area contributed by atoms with E-state index in [1.165, 1.54) is 20.2 Å². The topological polar surface area (TPSA) is 102 Å². The Morgan fingerprint density at radius 1 is 1.16 bits per heavy atom. The van der Waals surface area contributed by atoms with Crippen molar-refractivity contribution >= 4 is 32.9 Å². The largest absolute Gasteiger partial charge is 0.453 e. The van der Waals surface area contributed by atoms with E-state index in [0.717, 1.165) is 35.5 Å². The van der Waals surface area contributed by atoms with Gasteiger partial charge in [-0.1, -0.05) is 12.8 Å². The Balaban J connectivity index is 1.63. The summed E-state index contributed by atoms with van der Waals surface area (Å²) in [5.41, 5.74) is 1.32. The number of aryl methyl sites for hydroxylation is 2. The smallest absolute Gasteiger partial charge is 0.307 e. The molecule has 1 aromatic carbocycles. The molecule has 1 saturated heterocycles. The summed E-state index contributed by atoms with van der Waals surface area (Å²) in [6, 6.07) is 4.80. The van der Waals surface area contributed by atoms with Crippen LogP contribution in [0, 0.1) is 0 Å². The molecule has 3 rings (SSSR count). The number of ether oxygens (including phenoxy) is 1. The predicted molar refractivity (Wildman–Crippen MR) is 121 cm³/mol. The van der Waals surface area contributed by atoms with Gasteiger partial charge in [-0.15, -0.1) is 0 Å². The fraction of sp³-hybridized carbons (Fsp3) is 0.591. The number of esters is 1. The lowest BCUT2D eigenvalue weighted by atomic mass is 10.2. The van der Waals surface area contributed by atoms with Gasteiger partial charge in [0, 0.05) is 40.7 Å². The van der Waals surface area contributed by atoms with Gasteiger partial charge in [0.15, 0.2) is 6.10 Å². The minimum absolute atomic E-state index is 0.0810. The Hall–Kier alpha value is -2.46. The van der Waals surface area contributed by atoms with Crippen molar-refractivity contribution in [2.75, 3.05) is 27.2 Å². The first-order chi connectivity index (χ1) is 15.1. The van der Waals surface area contributed by atoms with E-state index in [1.54, 1.807) is 24.0 Å². The molecule has 1 aliphatic heterocycles. The zero-order valence-electron chi connectivity index (χ0n) is 19.2. The maximum absolute atomic E-state index is 12.6. The van der Waals surface area contributed by atoms with Crippen molar-refractivity contribution < 1.29 is 22.7 Å². The number of rotatable bonds is 7. The van der Waals surface area contributed by atoms with Crippen molar-refractivity contribution in [2.45, 2.75) is 56.4 Å². The molecule has 1 atom stereocenters. The molecule has 2 aromatic rings. The lowest BCUT2D eigenvalue weighted by molar-refractivity contribution is -0.159. The number of likely N-dealkylation sites (tertiary alicyclic amines) is 1. The predicted octanol–water partition coefficient (Wildman–Crippen LogP) is 2.09. The Kier molecular flexibility index (Phi) is 7.55. The highest BCUT2D eigenvalue weighted by molar-refractivity contribution is 7.89. The van der Waals surface area contributed by atoms with Crippen LogP contribution in [0.25, 0.3) is 11.0 Å². The SMILES string of the molecule is CC(OC(=O)CCc1nc2cc(S(=O)(=O)N(C)C)ccc2n1C)C(=O)N1CCCCCC1. The Morgan fingerprint density at radius 3 is 2.44 bits per heavy atom. The lowest BCUT2D eigenvalue weighted by Gasteiger charge is -2.24. The highest BCUT2D eigenvalue weighted by Crippen LogP contribution is 2.22. The third kappa shape index (κ3) is 5.29. The number of amides is 1. The number of carbonyl (C=O) groups is 2. The molecule has 9 nitrogen and oxygen atoms in total. The highest BCUT2D eigenvalue weighted by Gasteiger charge is 2.25. The van der Waals surface area contributed by atoms with Crippen molar-refractivity contribution in [1.82, 2.24) is 18.8 Å². The van der Waals surface area contributed by atoms with E-state index >= 15 is 0 Å². The quantitative estimate of drug-likeness (QED) is 0.582. The first-order valence-corrected chi connectivity index (χ1v) is 12.4. The van der Waals surface area contributed by atoms with Crippen LogP contribution in [0.5, 0.6) is 0 Å². The van der Waals surface area contributed by atoms with Crippen molar-refractivity contribution in [3.8, 4) is 0 Å². The molecule has 0 spiro atoms. The summed E-state index contributed by atoms with van der Waals surface area (Å²) in [6.45, 7) is 3.05. The fourth-order valence-corrected chi connectivity index (χ4v) is 4.82. The van der Waals surface area contributed by atoms with Gasteiger partial charge in [0.25, 0.3) is 5.91 Å². The minimum Gasteiger partial charge on any atom is -0.453 e. The molecule has 1 unspecified atom stereocenters. The average molecular weight is 465 g/mol. The van der Waals surface area contributed by atoms with Crippen molar-refractivity contribution in [3.05, 3.63) is 24.0 Å². The average Bonchev–Trinajstić information content (AvgIpc) is 2.92. The van der Waals surface area contributed by atoms with Crippen LogP contribution in [0.3, 0.4) is 0 Å². The molecular formula is C22H32N4O5S. The second kappa shape index (κ2) is 9.99. The van der Waals surface area contributed by atoms with E-state index < -0.39 is 22.1 Å². The van der Waals surface area contributed by atoms with E-state index in [-0.39, 0.29) is 17.2 Å². The molecule has 1 amide bonds.